The van der Waals surface area contributed by atoms with Gasteiger partial charge in [-0.2, -0.15) is 5.26 Å². The molecular formula is C25H22F2N6O. The predicted molar refractivity (Wildman–Crippen MR) is 124 cm³/mol. The number of hydrogen-bond donors (Lipinski definition) is 1. The van der Waals surface area contributed by atoms with Crippen LogP contribution in [0.2, 0.25) is 0 Å². The minimum Gasteiger partial charge on any atom is -0.494 e. The molecule has 5 rings (SSSR count). The molecule has 4 aromatic rings. The number of halogens is 2. The van der Waals surface area contributed by atoms with Crippen LogP contribution in [0.15, 0.2) is 48.8 Å². The zero-order valence-electron chi connectivity index (χ0n) is 18.5. The van der Waals surface area contributed by atoms with Crippen molar-refractivity contribution in [3.8, 4) is 34.3 Å². The molecule has 7 nitrogen and oxygen atoms in total. The smallest absolute Gasteiger partial charge is 0.181 e. The molecule has 2 aromatic carbocycles. The maximum Gasteiger partial charge on any atom is 0.181 e. The summed E-state index contributed by atoms with van der Waals surface area (Å²) in [6.45, 7) is 1.44. The molecule has 0 amide bonds. The molecule has 0 aliphatic carbocycles. The monoisotopic (exact) mass is 460 g/mol. The molecule has 2 N–H and O–H groups in total. The maximum absolute atomic E-state index is 14.7. The molecule has 1 aliphatic heterocycles. The number of nitrogens with two attached hydrogens (primary N) is 1. The molecule has 1 aliphatic rings. The average molecular weight is 460 g/mol. The van der Waals surface area contributed by atoms with Crippen LogP contribution in [0.4, 0.5) is 14.6 Å². The maximum atomic E-state index is 14.7. The van der Waals surface area contributed by atoms with Crippen LogP contribution >= 0.6 is 0 Å². The SMILES string of the molecule is COc1ccc(-c2c(-c3ccc(C#N)c(F)c3)nc3c(N4CCCC(N)C4)nccn23)cc1F. The summed E-state index contributed by atoms with van der Waals surface area (Å²) in [5.41, 5.74) is 8.72. The third kappa shape index (κ3) is 3.72. The number of anilines is 1. The number of hydrogen-bond acceptors (Lipinski definition) is 6. The summed E-state index contributed by atoms with van der Waals surface area (Å²) >= 11 is 0. The van der Waals surface area contributed by atoms with E-state index in [2.05, 4.69) is 9.88 Å². The van der Waals surface area contributed by atoms with E-state index in [1.807, 2.05) is 10.5 Å². The molecule has 9 heteroatoms. The van der Waals surface area contributed by atoms with Crippen LogP contribution in [0.3, 0.4) is 0 Å². The number of methoxy groups -OCH3 is 1. The van der Waals surface area contributed by atoms with Crippen molar-refractivity contribution in [2.45, 2.75) is 18.9 Å². The molecule has 1 fully saturated rings. The number of piperidine rings is 1. The lowest BCUT2D eigenvalue weighted by molar-refractivity contribution is 0.386. The fourth-order valence-corrected chi connectivity index (χ4v) is 4.43. The Labute approximate surface area is 195 Å². The Hall–Kier alpha value is -4.03. The number of benzene rings is 2. The van der Waals surface area contributed by atoms with Crippen LogP contribution in [-0.2, 0) is 0 Å². The summed E-state index contributed by atoms with van der Waals surface area (Å²) in [6, 6.07) is 10.8. The summed E-state index contributed by atoms with van der Waals surface area (Å²) in [6.07, 6.45) is 5.29. The van der Waals surface area contributed by atoms with Gasteiger partial charge in [-0.15, -0.1) is 0 Å². The van der Waals surface area contributed by atoms with Crippen LogP contribution in [0.25, 0.3) is 28.2 Å². The van der Waals surface area contributed by atoms with Crippen molar-refractivity contribution in [2.75, 3.05) is 25.1 Å². The van der Waals surface area contributed by atoms with Gasteiger partial charge in [-0.1, -0.05) is 6.07 Å². The highest BCUT2D eigenvalue weighted by Crippen LogP contribution is 2.37. The summed E-state index contributed by atoms with van der Waals surface area (Å²) in [7, 11) is 1.40. The molecule has 0 radical (unpaired) electrons. The fourth-order valence-electron chi connectivity index (χ4n) is 4.43. The largest absolute Gasteiger partial charge is 0.494 e. The van der Waals surface area contributed by atoms with Crippen LogP contribution in [-0.4, -0.2) is 40.6 Å². The van der Waals surface area contributed by atoms with Crippen LogP contribution in [0.5, 0.6) is 5.75 Å². The van der Waals surface area contributed by atoms with Crippen molar-refractivity contribution >= 4 is 11.5 Å². The predicted octanol–water partition coefficient (Wildman–Crippen LogP) is 4.15. The van der Waals surface area contributed by atoms with Gasteiger partial charge in [-0.25, -0.2) is 18.7 Å². The Morgan fingerprint density at radius 2 is 1.94 bits per heavy atom. The number of nitriles is 1. The van der Waals surface area contributed by atoms with E-state index in [4.69, 9.17) is 20.7 Å². The number of aromatic nitrogens is 3. The van der Waals surface area contributed by atoms with E-state index in [0.29, 0.717) is 40.5 Å². The molecule has 3 heterocycles. The van der Waals surface area contributed by atoms with E-state index in [9.17, 15) is 8.78 Å². The second-order valence-corrected chi connectivity index (χ2v) is 8.26. The van der Waals surface area contributed by atoms with Gasteiger partial charge >= 0.3 is 0 Å². The standard InChI is InChI=1S/C25H22F2N6O/c1-34-21-7-6-16(12-20(21)27)23-22(15-4-5-17(13-28)19(26)11-15)31-25-24(30-8-10-33(23)25)32-9-2-3-18(29)14-32/h4-8,10-12,18H,2-3,9,14,29H2,1H3. The lowest BCUT2D eigenvalue weighted by Gasteiger charge is -2.31. The van der Waals surface area contributed by atoms with Gasteiger partial charge in [0.15, 0.2) is 23.0 Å². The van der Waals surface area contributed by atoms with Gasteiger partial charge in [0.05, 0.1) is 24.1 Å². The lowest BCUT2D eigenvalue weighted by atomic mass is 10.0. The highest BCUT2D eigenvalue weighted by molar-refractivity contribution is 5.85. The second kappa shape index (κ2) is 8.72. The zero-order chi connectivity index (χ0) is 23.8. The van der Waals surface area contributed by atoms with E-state index in [1.165, 1.54) is 25.3 Å². The quantitative estimate of drug-likeness (QED) is 0.492. The summed E-state index contributed by atoms with van der Waals surface area (Å²) in [5.74, 6) is -0.395. The molecular weight excluding hydrogens is 438 g/mol. The van der Waals surface area contributed by atoms with Gasteiger partial charge in [0.25, 0.3) is 0 Å². The van der Waals surface area contributed by atoms with Crippen molar-refractivity contribution in [2.24, 2.45) is 5.73 Å². The molecule has 0 saturated carbocycles. The molecule has 172 valence electrons. The van der Waals surface area contributed by atoms with Gasteiger partial charge in [-0.05, 0) is 43.2 Å². The summed E-state index contributed by atoms with van der Waals surface area (Å²) in [4.78, 5) is 11.5. The minimum absolute atomic E-state index is 0.0352. The van der Waals surface area contributed by atoms with Crippen LogP contribution in [0.1, 0.15) is 18.4 Å². The van der Waals surface area contributed by atoms with Gasteiger partial charge in [0.1, 0.15) is 11.9 Å². The van der Waals surface area contributed by atoms with Gasteiger partial charge in [0.2, 0.25) is 0 Å². The van der Waals surface area contributed by atoms with E-state index in [1.54, 1.807) is 30.6 Å². The van der Waals surface area contributed by atoms with Gasteiger partial charge < -0.3 is 15.4 Å². The Morgan fingerprint density at radius 3 is 2.65 bits per heavy atom. The average Bonchev–Trinajstić information content (AvgIpc) is 3.23. The third-order valence-electron chi connectivity index (χ3n) is 6.07. The minimum atomic E-state index is -0.649. The topological polar surface area (TPSA) is 92.5 Å². The third-order valence-corrected chi connectivity index (χ3v) is 6.07. The first kappa shape index (κ1) is 21.8. The molecule has 2 aromatic heterocycles. The van der Waals surface area contributed by atoms with Crippen LogP contribution in [0, 0.1) is 23.0 Å². The first-order chi connectivity index (χ1) is 16.5. The highest BCUT2D eigenvalue weighted by atomic mass is 19.1. The number of ether oxygens (including phenoxy) is 1. The molecule has 1 unspecified atom stereocenters. The fraction of sp³-hybridized carbons (Fsp3) is 0.240. The van der Waals surface area contributed by atoms with Crippen molar-refractivity contribution in [1.82, 2.24) is 14.4 Å². The highest BCUT2D eigenvalue weighted by Gasteiger charge is 2.25. The van der Waals surface area contributed by atoms with E-state index >= 15 is 0 Å². The normalized spacial score (nSPS) is 16.0. The number of rotatable bonds is 4. The van der Waals surface area contributed by atoms with Crippen molar-refractivity contribution in [1.29, 1.82) is 5.26 Å². The van der Waals surface area contributed by atoms with Gasteiger partial charge in [-0.3, -0.25) is 4.40 Å². The van der Waals surface area contributed by atoms with E-state index < -0.39 is 11.6 Å². The first-order valence-electron chi connectivity index (χ1n) is 10.9. The van der Waals surface area contributed by atoms with Crippen molar-refractivity contribution < 1.29 is 13.5 Å². The van der Waals surface area contributed by atoms with Crippen molar-refractivity contribution in [3.63, 3.8) is 0 Å². The Morgan fingerprint density at radius 1 is 1.15 bits per heavy atom. The number of fused-ring (bicyclic) bond motifs is 1. The number of imidazole rings is 1. The van der Waals surface area contributed by atoms with Crippen molar-refractivity contribution in [3.05, 3.63) is 66.0 Å². The van der Waals surface area contributed by atoms with Crippen LogP contribution < -0.4 is 15.4 Å². The molecule has 0 bridgehead atoms. The van der Waals surface area contributed by atoms with E-state index in [-0.39, 0.29) is 17.4 Å². The molecule has 1 saturated heterocycles. The Balaban J connectivity index is 1.76. The summed E-state index contributed by atoms with van der Waals surface area (Å²) < 4.78 is 36.1. The lowest BCUT2D eigenvalue weighted by Crippen LogP contribution is -2.43. The Bertz CT molecular complexity index is 1430. The molecule has 0 spiro atoms. The van der Waals surface area contributed by atoms with Gasteiger partial charge in [0, 0.05) is 42.7 Å². The molecule has 1 atom stereocenters. The Kier molecular flexibility index (Phi) is 5.59. The zero-order valence-corrected chi connectivity index (χ0v) is 18.5. The second-order valence-electron chi connectivity index (χ2n) is 8.26. The van der Waals surface area contributed by atoms with E-state index in [0.717, 1.165) is 19.4 Å². The molecule has 34 heavy (non-hydrogen) atoms. The number of nitrogens with zero attached hydrogens (tertiary/aromatic N) is 5. The summed E-state index contributed by atoms with van der Waals surface area (Å²) in [5, 5.41) is 9.12. The first-order valence-corrected chi connectivity index (χ1v) is 10.9.